The summed E-state index contributed by atoms with van der Waals surface area (Å²) in [6.45, 7) is 5.37. The molecule has 3 aromatic carbocycles. The maximum absolute atomic E-state index is 13.4. The number of carbonyl (C=O) groups excluding carboxylic acids is 2. The van der Waals surface area contributed by atoms with Gasteiger partial charge in [-0.25, -0.2) is 0 Å². The molecule has 3 aromatic rings. The zero-order chi connectivity index (χ0) is 24.4. The van der Waals surface area contributed by atoms with Crippen LogP contribution in [0.25, 0.3) is 0 Å². The zero-order valence-electron chi connectivity index (χ0n) is 19.8. The number of hydrogen-bond donors (Lipinski definition) is 1. The minimum atomic E-state index is -0.810. The van der Waals surface area contributed by atoms with Gasteiger partial charge in [0.05, 0.1) is 0 Å². The molecule has 5 nitrogen and oxygen atoms in total. The SMILES string of the molecule is CC(C)(C)OC(=O)N[C@@H](CC[Se]c1ccccc1)C(=O)OC(c1ccccc1)c1ccccc1. The van der Waals surface area contributed by atoms with E-state index in [0.717, 1.165) is 16.4 Å². The van der Waals surface area contributed by atoms with E-state index in [-0.39, 0.29) is 15.0 Å². The summed E-state index contributed by atoms with van der Waals surface area (Å²) < 4.78 is 12.7. The molecule has 0 saturated carbocycles. The van der Waals surface area contributed by atoms with Gasteiger partial charge in [0.25, 0.3) is 0 Å². The number of carbonyl (C=O) groups is 2. The first-order valence-corrected chi connectivity index (χ1v) is 13.4. The maximum atomic E-state index is 13.4. The van der Waals surface area contributed by atoms with E-state index >= 15 is 0 Å². The Morgan fingerprint density at radius 2 is 1.32 bits per heavy atom. The number of hydrogen-bond acceptors (Lipinski definition) is 4. The third-order valence-corrected chi connectivity index (χ3v) is 7.03. The normalized spacial score (nSPS) is 12.1. The van der Waals surface area contributed by atoms with Crippen molar-refractivity contribution in [3.8, 4) is 0 Å². The Balaban J connectivity index is 1.76. The van der Waals surface area contributed by atoms with Gasteiger partial charge in [-0.05, 0) is 0 Å². The first-order valence-electron chi connectivity index (χ1n) is 11.3. The Bertz CT molecular complexity index is 997. The quantitative estimate of drug-likeness (QED) is 0.314. The molecule has 0 aliphatic carbocycles. The zero-order valence-corrected chi connectivity index (χ0v) is 21.5. The standard InChI is InChI=1S/C28H31NO4Se/c1-28(2,3)33-27(31)29-24(19-20-34-23-17-11-6-12-18-23)26(30)32-25(21-13-7-4-8-14-21)22-15-9-5-10-16-22/h4-18,24-25H,19-20H2,1-3H3,(H,29,31)/t24-/m0/s1. The van der Waals surface area contributed by atoms with Crippen molar-refractivity contribution < 1.29 is 19.1 Å². The van der Waals surface area contributed by atoms with E-state index in [1.54, 1.807) is 20.8 Å². The van der Waals surface area contributed by atoms with Crippen LogP contribution in [0.2, 0.25) is 5.32 Å². The van der Waals surface area contributed by atoms with E-state index in [0.29, 0.717) is 6.42 Å². The second kappa shape index (κ2) is 12.4. The molecular weight excluding hydrogens is 493 g/mol. The first kappa shape index (κ1) is 25.5. The van der Waals surface area contributed by atoms with Crippen molar-refractivity contribution in [3.05, 3.63) is 102 Å². The summed E-state index contributed by atoms with van der Waals surface area (Å²) in [4.78, 5) is 25.9. The Morgan fingerprint density at radius 3 is 1.82 bits per heavy atom. The Hall–Kier alpha value is -3.08. The van der Waals surface area contributed by atoms with E-state index < -0.39 is 29.8 Å². The molecule has 0 heterocycles. The van der Waals surface area contributed by atoms with Gasteiger partial charge < -0.3 is 0 Å². The Kier molecular flexibility index (Phi) is 9.32. The van der Waals surface area contributed by atoms with Gasteiger partial charge in [-0.1, -0.05) is 0 Å². The number of rotatable bonds is 9. The molecule has 6 heteroatoms. The molecule has 0 aliphatic heterocycles. The molecule has 178 valence electrons. The van der Waals surface area contributed by atoms with E-state index in [2.05, 4.69) is 17.4 Å². The van der Waals surface area contributed by atoms with Crippen LogP contribution in [0.1, 0.15) is 44.4 Å². The molecule has 0 radical (unpaired) electrons. The van der Waals surface area contributed by atoms with Crippen molar-refractivity contribution in [3.63, 3.8) is 0 Å². The van der Waals surface area contributed by atoms with Crippen LogP contribution in [0.3, 0.4) is 0 Å². The summed E-state index contributed by atoms with van der Waals surface area (Å²) >= 11 is 0.174. The molecule has 0 spiro atoms. The molecule has 0 saturated heterocycles. The molecule has 0 unspecified atom stereocenters. The summed E-state index contributed by atoms with van der Waals surface area (Å²) in [5.74, 6) is -0.479. The van der Waals surface area contributed by atoms with Gasteiger partial charge in [-0.2, -0.15) is 0 Å². The fraction of sp³-hybridized carbons (Fsp3) is 0.286. The van der Waals surface area contributed by atoms with Crippen molar-refractivity contribution in [1.82, 2.24) is 5.32 Å². The number of amides is 1. The minimum absolute atomic E-state index is 0.174. The Labute approximate surface area is 208 Å². The van der Waals surface area contributed by atoms with Crippen molar-refractivity contribution in [2.45, 2.75) is 50.3 Å². The molecule has 0 fully saturated rings. The van der Waals surface area contributed by atoms with Crippen LogP contribution in [0.5, 0.6) is 0 Å². The molecule has 1 amide bonds. The summed E-state index contributed by atoms with van der Waals surface area (Å²) in [6.07, 6.45) is -0.737. The number of benzene rings is 3. The van der Waals surface area contributed by atoms with E-state index in [1.165, 1.54) is 4.46 Å². The summed E-state index contributed by atoms with van der Waals surface area (Å²) in [5.41, 5.74) is 1.07. The molecule has 0 aliphatic rings. The average molecular weight is 525 g/mol. The van der Waals surface area contributed by atoms with Gasteiger partial charge in [0.15, 0.2) is 0 Å². The average Bonchev–Trinajstić information content (AvgIpc) is 2.82. The van der Waals surface area contributed by atoms with Crippen molar-refractivity contribution >= 4 is 31.5 Å². The number of esters is 1. The van der Waals surface area contributed by atoms with Crippen LogP contribution >= 0.6 is 0 Å². The predicted octanol–water partition coefficient (Wildman–Crippen LogP) is 5.05. The van der Waals surface area contributed by atoms with Crippen LogP contribution in [0, 0.1) is 0 Å². The van der Waals surface area contributed by atoms with E-state index in [4.69, 9.17) is 9.47 Å². The summed E-state index contributed by atoms with van der Waals surface area (Å²) in [6, 6.07) is 28.6. The van der Waals surface area contributed by atoms with Gasteiger partial charge in [0.2, 0.25) is 0 Å². The second-order valence-corrected chi connectivity index (χ2v) is 11.2. The monoisotopic (exact) mass is 525 g/mol. The van der Waals surface area contributed by atoms with Crippen LogP contribution < -0.4 is 9.78 Å². The number of ether oxygens (including phenoxy) is 2. The summed E-state index contributed by atoms with van der Waals surface area (Å²) in [5, 5.41) is 3.51. The van der Waals surface area contributed by atoms with Crippen LogP contribution in [-0.4, -0.2) is 38.7 Å². The topological polar surface area (TPSA) is 64.6 Å². The van der Waals surface area contributed by atoms with Gasteiger partial charge in [0, 0.05) is 0 Å². The first-order chi connectivity index (χ1) is 16.3. The van der Waals surface area contributed by atoms with Crippen molar-refractivity contribution in [1.29, 1.82) is 0 Å². The van der Waals surface area contributed by atoms with Crippen LogP contribution in [0.15, 0.2) is 91.0 Å². The molecule has 0 aromatic heterocycles. The fourth-order valence-electron chi connectivity index (χ4n) is 3.29. The Morgan fingerprint density at radius 1 is 0.824 bits per heavy atom. The third-order valence-electron chi connectivity index (χ3n) is 4.83. The van der Waals surface area contributed by atoms with Gasteiger partial charge >= 0.3 is 208 Å². The molecule has 3 rings (SSSR count). The predicted molar refractivity (Wildman–Crippen MR) is 135 cm³/mol. The van der Waals surface area contributed by atoms with Gasteiger partial charge in [-0.3, -0.25) is 0 Å². The molecule has 1 atom stereocenters. The molecular formula is C28H31NO4Se. The van der Waals surface area contributed by atoms with Gasteiger partial charge in [-0.15, -0.1) is 0 Å². The molecule has 0 bridgehead atoms. The third kappa shape index (κ3) is 8.36. The van der Waals surface area contributed by atoms with Crippen LogP contribution in [-0.2, 0) is 14.3 Å². The van der Waals surface area contributed by atoms with Crippen molar-refractivity contribution in [2.24, 2.45) is 0 Å². The van der Waals surface area contributed by atoms with Gasteiger partial charge in [0.1, 0.15) is 0 Å². The molecule has 34 heavy (non-hydrogen) atoms. The van der Waals surface area contributed by atoms with Crippen LogP contribution in [0.4, 0.5) is 4.79 Å². The number of alkyl carbamates (subject to hydrolysis) is 1. The number of nitrogens with one attached hydrogen (secondary N) is 1. The van der Waals surface area contributed by atoms with E-state index in [1.807, 2.05) is 78.9 Å². The molecule has 1 N–H and O–H groups in total. The fourth-order valence-corrected chi connectivity index (χ4v) is 5.26. The van der Waals surface area contributed by atoms with E-state index in [9.17, 15) is 9.59 Å². The second-order valence-electron chi connectivity index (χ2n) is 8.79. The summed E-state index contributed by atoms with van der Waals surface area (Å²) in [7, 11) is 0. The van der Waals surface area contributed by atoms with Crippen molar-refractivity contribution in [2.75, 3.05) is 0 Å².